The fourth-order valence-corrected chi connectivity index (χ4v) is 4.27. The van der Waals surface area contributed by atoms with Gasteiger partial charge in [-0.3, -0.25) is 9.59 Å². The molecule has 1 N–H and O–H groups in total. The Bertz CT molecular complexity index is 1040. The number of carbonyl (C=O) groups is 2. The van der Waals surface area contributed by atoms with Gasteiger partial charge in [0.15, 0.2) is 10.9 Å². The van der Waals surface area contributed by atoms with Crippen LogP contribution in [0.4, 0.5) is 13.9 Å². The maximum absolute atomic E-state index is 13.8. The van der Waals surface area contributed by atoms with E-state index in [0.717, 1.165) is 23.8 Å². The predicted octanol–water partition coefficient (Wildman–Crippen LogP) is 4.07. The highest BCUT2D eigenvalue weighted by Gasteiger charge is 2.29. The summed E-state index contributed by atoms with van der Waals surface area (Å²) in [6, 6.07) is 10.9. The summed E-state index contributed by atoms with van der Waals surface area (Å²) in [5, 5.41) is 2.91. The number of carbonyl (C=O) groups excluding carboxylic acids is 2. The Morgan fingerprint density at radius 3 is 2.75 bits per heavy atom. The highest BCUT2D eigenvalue weighted by Crippen LogP contribution is 2.29. The lowest BCUT2D eigenvalue weighted by Crippen LogP contribution is -2.43. The number of anilines is 1. The molecule has 0 bridgehead atoms. The molecule has 8 heteroatoms. The van der Waals surface area contributed by atoms with Crippen molar-refractivity contribution in [2.45, 2.75) is 12.8 Å². The lowest BCUT2D eigenvalue weighted by molar-refractivity contribution is -0.121. The van der Waals surface area contributed by atoms with Crippen LogP contribution in [0, 0.1) is 17.6 Å². The van der Waals surface area contributed by atoms with Crippen LogP contribution in [0.25, 0.3) is 10.2 Å². The van der Waals surface area contributed by atoms with Crippen molar-refractivity contribution >= 4 is 38.5 Å². The first kappa shape index (κ1) is 18.5. The van der Waals surface area contributed by atoms with E-state index in [-0.39, 0.29) is 28.4 Å². The van der Waals surface area contributed by atoms with Crippen LogP contribution in [0.3, 0.4) is 0 Å². The average molecular weight is 401 g/mol. The molecule has 1 aromatic heterocycles. The number of aromatic nitrogens is 1. The fourth-order valence-electron chi connectivity index (χ4n) is 3.36. The third kappa shape index (κ3) is 3.73. The monoisotopic (exact) mass is 401 g/mol. The smallest absolute Gasteiger partial charge is 0.253 e. The van der Waals surface area contributed by atoms with Gasteiger partial charge >= 0.3 is 0 Å². The van der Waals surface area contributed by atoms with Crippen molar-refractivity contribution in [1.82, 2.24) is 9.88 Å². The quantitative estimate of drug-likeness (QED) is 0.720. The standard InChI is InChI=1S/C20H17F2N3O2S/c21-14-9-15(22)17-16(10-14)28-20(23-17)24-18(26)13-7-4-8-25(11-13)19(27)12-5-2-1-3-6-12/h1-3,5-6,9-10,13H,4,7-8,11H2,(H,23,24,26). The van der Waals surface area contributed by atoms with Gasteiger partial charge in [-0.15, -0.1) is 0 Å². The van der Waals surface area contributed by atoms with Crippen molar-refractivity contribution in [2.24, 2.45) is 5.92 Å². The molecule has 144 valence electrons. The highest BCUT2D eigenvalue weighted by molar-refractivity contribution is 7.22. The Balaban J connectivity index is 1.46. The Kier molecular flexibility index (Phi) is 5.04. The first-order valence-corrected chi connectivity index (χ1v) is 9.73. The van der Waals surface area contributed by atoms with Crippen molar-refractivity contribution in [1.29, 1.82) is 0 Å². The second-order valence-electron chi connectivity index (χ2n) is 6.70. The topological polar surface area (TPSA) is 62.3 Å². The van der Waals surface area contributed by atoms with Crippen molar-refractivity contribution in [3.05, 3.63) is 59.7 Å². The van der Waals surface area contributed by atoms with Gasteiger partial charge in [-0.05, 0) is 31.0 Å². The molecule has 2 amide bonds. The van der Waals surface area contributed by atoms with Gasteiger partial charge in [-0.2, -0.15) is 0 Å². The van der Waals surface area contributed by atoms with Gasteiger partial charge in [-0.1, -0.05) is 29.5 Å². The minimum atomic E-state index is -0.760. The van der Waals surface area contributed by atoms with E-state index in [1.54, 1.807) is 29.2 Å². The molecule has 1 aliphatic rings. The summed E-state index contributed by atoms with van der Waals surface area (Å²) in [4.78, 5) is 31.0. The molecule has 5 nitrogen and oxygen atoms in total. The van der Waals surface area contributed by atoms with E-state index in [0.29, 0.717) is 29.8 Å². The molecule has 4 rings (SSSR count). The number of piperidine rings is 1. The van der Waals surface area contributed by atoms with E-state index < -0.39 is 11.6 Å². The van der Waals surface area contributed by atoms with Crippen LogP contribution in [-0.4, -0.2) is 34.8 Å². The molecule has 28 heavy (non-hydrogen) atoms. The summed E-state index contributed by atoms with van der Waals surface area (Å²) in [5.41, 5.74) is 0.624. The number of hydrogen-bond acceptors (Lipinski definition) is 4. The summed E-state index contributed by atoms with van der Waals surface area (Å²) in [5.74, 6) is -2.20. The van der Waals surface area contributed by atoms with E-state index in [1.165, 1.54) is 6.07 Å². The SMILES string of the molecule is O=C(Nc1nc2c(F)cc(F)cc2s1)C1CCCN(C(=O)c2ccccc2)C1. The lowest BCUT2D eigenvalue weighted by atomic mass is 9.96. The minimum Gasteiger partial charge on any atom is -0.338 e. The van der Waals surface area contributed by atoms with Gasteiger partial charge < -0.3 is 10.2 Å². The van der Waals surface area contributed by atoms with Gasteiger partial charge in [0.25, 0.3) is 5.91 Å². The van der Waals surface area contributed by atoms with Crippen molar-refractivity contribution < 1.29 is 18.4 Å². The molecule has 0 aliphatic carbocycles. The van der Waals surface area contributed by atoms with E-state index in [4.69, 9.17) is 0 Å². The number of nitrogens with one attached hydrogen (secondary N) is 1. The molecule has 0 saturated carbocycles. The molecule has 1 aliphatic heterocycles. The first-order valence-electron chi connectivity index (χ1n) is 8.92. The zero-order valence-corrected chi connectivity index (χ0v) is 15.6. The molecule has 3 aromatic rings. The van der Waals surface area contributed by atoms with E-state index in [2.05, 4.69) is 10.3 Å². The third-order valence-corrected chi connectivity index (χ3v) is 5.66. The Morgan fingerprint density at radius 2 is 1.96 bits per heavy atom. The van der Waals surface area contributed by atoms with Gasteiger partial charge in [0, 0.05) is 24.7 Å². The molecule has 1 fully saturated rings. The maximum Gasteiger partial charge on any atom is 0.253 e. The van der Waals surface area contributed by atoms with Gasteiger partial charge in [0.1, 0.15) is 11.3 Å². The molecule has 2 aromatic carbocycles. The molecule has 0 radical (unpaired) electrons. The molecular formula is C20H17F2N3O2S. The van der Waals surface area contributed by atoms with Crippen LogP contribution >= 0.6 is 11.3 Å². The van der Waals surface area contributed by atoms with Gasteiger partial charge in [-0.25, -0.2) is 13.8 Å². The zero-order chi connectivity index (χ0) is 19.7. The summed E-state index contributed by atoms with van der Waals surface area (Å²) in [6.45, 7) is 0.913. The number of nitrogens with zero attached hydrogens (tertiary/aromatic N) is 2. The number of halogens is 2. The normalized spacial score (nSPS) is 16.9. The first-order chi connectivity index (χ1) is 13.5. The molecule has 1 atom stereocenters. The zero-order valence-electron chi connectivity index (χ0n) is 14.8. The number of likely N-dealkylation sites (tertiary alicyclic amines) is 1. The molecule has 1 saturated heterocycles. The van der Waals surface area contributed by atoms with E-state index in [9.17, 15) is 18.4 Å². The Morgan fingerprint density at radius 1 is 1.18 bits per heavy atom. The van der Waals surface area contributed by atoms with Crippen molar-refractivity contribution in [3.8, 4) is 0 Å². The predicted molar refractivity (Wildman–Crippen MR) is 103 cm³/mol. The number of rotatable bonds is 3. The van der Waals surface area contributed by atoms with Crippen LogP contribution in [0.2, 0.25) is 0 Å². The second kappa shape index (κ2) is 7.63. The molecular weight excluding hydrogens is 384 g/mol. The minimum absolute atomic E-state index is 0.0335. The fraction of sp³-hybridized carbons (Fsp3) is 0.250. The van der Waals surface area contributed by atoms with Crippen molar-refractivity contribution in [2.75, 3.05) is 18.4 Å². The number of hydrogen-bond donors (Lipinski definition) is 1. The van der Waals surface area contributed by atoms with E-state index in [1.807, 2.05) is 6.07 Å². The summed E-state index contributed by atoms with van der Waals surface area (Å²) >= 11 is 1.02. The second-order valence-corrected chi connectivity index (χ2v) is 7.73. The van der Waals surface area contributed by atoms with Crippen LogP contribution in [0.15, 0.2) is 42.5 Å². The Hall–Kier alpha value is -2.87. The molecule has 2 heterocycles. The highest BCUT2D eigenvalue weighted by atomic mass is 32.1. The van der Waals surface area contributed by atoms with Crippen LogP contribution in [0.1, 0.15) is 23.2 Å². The largest absolute Gasteiger partial charge is 0.338 e. The lowest BCUT2D eigenvalue weighted by Gasteiger charge is -2.32. The number of fused-ring (bicyclic) bond motifs is 1. The van der Waals surface area contributed by atoms with E-state index >= 15 is 0 Å². The average Bonchev–Trinajstić information content (AvgIpc) is 3.10. The summed E-state index contributed by atoms with van der Waals surface area (Å²) in [6.07, 6.45) is 1.37. The van der Waals surface area contributed by atoms with Crippen molar-refractivity contribution in [3.63, 3.8) is 0 Å². The summed E-state index contributed by atoms with van der Waals surface area (Å²) < 4.78 is 27.5. The Labute approximate surface area is 164 Å². The number of amides is 2. The maximum atomic E-state index is 13.8. The van der Waals surface area contributed by atoms with Crippen LogP contribution < -0.4 is 5.32 Å². The summed E-state index contributed by atoms with van der Waals surface area (Å²) in [7, 11) is 0. The number of benzene rings is 2. The number of thiazole rings is 1. The van der Waals surface area contributed by atoms with Gasteiger partial charge in [0.05, 0.1) is 10.6 Å². The third-order valence-electron chi connectivity index (χ3n) is 4.74. The van der Waals surface area contributed by atoms with Gasteiger partial charge in [0.2, 0.25) is 5.91 Å². The molecule has 1 unspecified atom stereocenters. The van der Waals surface area contributed by atoms with Crippen LogP contribution in [-0.2, 0) is 4.79 Å². The molecule has 0 spiro atoms. The van der Waals surface area contributed by atoms with Crippen LogP contribution in [0.5, 0.6) is 0 Å².